The summed E-state index contributed by atoms with van der Waals surface area (Å²) in [5, 5.41) is 2.86. The van der Waals surface area contributed by atoms with E-state index < -0.39 is 5.82 Å². The molecule has 0 spiro atoms. The van der Waals surface area contributed by atoms with Crippen molar-refractivity contribution in [3.63, 3.8) is 0 Å². The fourth-order valence-electron chi connectivity index (χ4n) is 1.72. The molecule has 2 aromatic rings. The van der Waals surface area contributed by atoms with Crippen LogP contribution in [0, 0.1) is 5.82 Å². The van der Waals surface area contributed by atoms with Crippen LogP contribution in [-0.2, 0) is 4.79 Å². The van der Waals surface area contributed by atoms with Gasteiger partial charge in [-0.3, -0.25) is 4.79 Å². The molecule has 2 rings (SSSR count). The standard InChI is InChI=1S/C15H13ClFNO/c1-10(11-5-3-2-4-6-11)15(19)18-14-8-7-12(16)9-13(14)17/h2-10H,1H3,(H,18,19). The van der Waals surface area contributed by atoms with Gasteiger partial charge in [-0.15, -0.1) is 0 Å². The zero-order valence-electron chi connectivity index (χ0n) is 10.4. The number of rotatable bonds is 3. The molecule has 0 aliphatic carbocycles. The molecule has 2 aromatic carbocycles. The van der Waals surface area contributed by atoms with Crippen LogP contribution in [0.4, 0.5) is 10.1 Å². The molecule has 0 aromatic heterocycles. The SMILES string of the molecule is CC(C(=O)Nc1ccc(Cl)cc1F)c1ccccc1. The van der Waals surface area contributed by atoms with Crippen molar-refractivity contribution in [2.24, 2.45) is 0 Å². The van der Waals surface area contributed by atoms with E-state index in [-0.39, 0.29) is 17.5 Å². The molecule has 0 radical (unpaired) electrons. The Morgan fingerprint density at radius 3 is 2.53 bits per heavy atom. The molecule has 1 N–H and O–H groups in total. The summed E-state index contributed by atoms with van der Waals surface area (Å²) in [6.45, 7) is 1.78. The van der Waals surface area contributed by atoms with Crippen LogP contribution in [0.2, 0.25) is 5.02 Å². The van der Waals surface area contributed by atoms with Crippen molar-refractivity contribution < 1.29 is 9.18 Å². The first-order valence-corrected chi connectivity index (χ1v) is 6.26. The predicted octanol–water partition coefficient (Wildman–Crippen LogP) is 4.22. The number of anilines is 1. The lowest BCUT2D eigenvalue weighted by Crippen LogP contribution is -2.19. The predicted molar refractivity (Wildman–Crippen MR) is 74.9 cm³/mol. The Morgan fingerprint density at radius 1 is 1.21 bits per heavy atom. The Kier molecular flexibility index (Phi) is 4.17. The summed E-state index contributed by atoms with van der Waals surface area (Å²) in [6, 6.07) is 13.5. The highest BCUT2D eigenvalue weighted by atomic mass is 35.5. The lowest BCUT2D eigenvalue weighted by atomic mass is 10.0. The summed E-state index contributed by atoms with van der Waals surface area (Å²) >= 11 is 5.66. The molecular formula is C15H13ClFNO. The maximum Gasteiger partial charge on any atom is 0.231 e. The number of hydrogen-bond acceptors (Lipinski definition) is 1. The molecule has 0 aliphatic heterocycles. The Balaban J connectivity index is 2.13. The summed E-state index contributed by atoms with van der Waals surface area (Å²) in [5.74, 6) is -1.15. The highest BCUT2D eigenvalue weighted by Gasteiger charge is 2.16. The lowest BCUT2D eigenvalue weighted by molar-refractivity contribution is -0.117. The van der Waals surface area contributed by atoms with Crippen molar-refractivity contribution in [1.29, 1.82) is 0 Å². The van der Waals surface area contributed by atoms with Crippen molar-refractivity contribution in [3.8, 4) is 0 Å². The molecule has 19 heavy (non-hydrogen) atoms. The van der Waals surface area contributed by atoms with Crippen LogP contribution in [0.25, 0.3) is 0 Å². The third-order valence-corrected chi connectivity index (χ3v) is 3.12. The molecule has 0 saturated carbocycles. The van der Waals surface area contributed by atoms with E-state index in [0.29, 0.717) is 5.02 Å². The van der Waals surface area contributed by atoms with Crippen molar-refractivity contribution in [2.45, 2.75) is 12.8 Å². The third-order valence-electron chi connectivity index (χ3n) is 2.88. The Morgan fingerprint density at radius 2 is 1.89 bits per heavy atom. The van der Waals surface area contributed by atoms with E-state index in [2.05, 4.69) is 5.32 Å². The third kappa shape index (κ3) is 3.32. The first-order valence-electron chi connectivity index (χ1n) is 5.89. The number of benzene rings is 2. The molecule has 2 nitrogen and oxygen atoms in total. The molecule has 1 atom stereocenters. The van der Waals surface area contributed by atoms with Crippen LogP contribution in [0.15, 0.2) is 48.5 Å². The van der Waals surface area contributed by atoms with E-state index in [4.69, 9.17) is 11.6 Å². The normalized spacial score (nSPS) is 11.9. The molecular weight excluding hydrogens is 265 g/mol. The van der Waals surface area contributed by atoms with Crippen molar-refractivity contribution >= 4 is 23.2 Å². The zero-order valence-corrected chi connectivity index (χ0v) is 11.1. The van der Waals surface area contributed by atoms with Gasteiger partial charge in [0.25, 0.3) is 0 Å². The second-order valence-corrected chi connectivity index (χ2v) is 4.68. The maximum absolute atomic E-state index is 13.6. The number of halogens is 2. The van der Waals surface area contributed by atoms with E-state index >= 15 is 0 Å². The van der Waals surface area contributed by atoms with Gasteiger partial charge < -0.3 is 5.32 Å². The summed E-state index contributed by atoms with van der Waals surface area (Å²) in [7, 11) is 0. The number of hydrogen-bond donors (Lipinski definition) is 1. The summed E-state index contributed by atoms with van der Waals surface area (Å²) in [6.07, 6.45) is 0. The van der Waals surface area contributed by atoms with Crippen molar-refractivity contribution in [3.05, 3.63) is 64.9 Å². The van der Waals surface area contributed by atoms with Gasteiger partial charge >= 0.3 is 0 Å². The largest absolute Gasteiger partial charge is 0.323 e. The van der Waals surface area contributed by atoms with E-state index in [0.717, 1.165) is 5.56 Å². The average molecular weight is 278 g/mol. The number of amides is 1. The molecule has 1 unspecified atom stereocenters. The Labute approximate surface area is 116 Å². The smallest absolute Gasteiger partial charge is 0.231 e. The number of carbonyl (C=O) groups excluding carboxylic acids is 1. The second-order valence-electron chi connectivity index (χ2n) is 4.25. The van der Waals surface area contributed by atoms with Gasteiger partial charge in [-0.25, -0.2) is 4.39 Å². The molecule has 0 aliphatic rings. The quantitative estimate of drug-likeness (QED) is 0.894. The summed E-state index contributed by atoms with van der Waals surface area (Å²) in [4.78, 5) is 12.0. The second kappa shape index (κ2) is 5.85. The van der Waals surface area contributed by atoms with Crippen LogP contribution in [0.3, 0.4) is 0 Å². The van der Waals surface area contributed by atoms with E-state index in [1.54, 1.807) is 6.92 Å². The summed E-state index contributed by atoms with van der Waals surface area (Å²) in [5.41, 5.74) is 1.02. The maximum atomic E-state index is 13.6. The van der Waals surface area contributed by atoms with Gasteiger partial charge in [-0.2, -0.15) is 0 Å². The van der Waals surface area contributed by atoms with Gasteiger partial charge in [-0.05, 0) is 30.7 Å². The van der Waals surface area contributed by atoms with Crippen molar-refractivity contribution in [2.75, 3.05) is 5.32 Å². The van der Waals surface area contributed by atoms with Crippen LogP contribution in [-0.4, -0.2) is 5.91 Å². The lowest BCUT2D eigenvalue weighted by Gasteiger charge is -2.13. The van der Waals surface area contributed by atoms with Gasteiger partial charge in [0.05, 0.1) is 11.6 Å². The van der Waals surface area contributed by atoms with Gasteiger partial charge in [0, 0.05) is 5.02 Å². The molecule has 0 heterocycles. The van der Waals surface area contributed by atoms with Crippen LogP contribution >= 0.6 is 11.6 Å². The number of nitrogens with one attached hydrogen (secondary N) is 1. The Hall–Kier alpha value is -1.87. The minimum absolute atomic E-state index is 0.136. The molecule has 0 saturated heterocycles. The minimum atomic E-state index is -0.541. The molecule has 0 fully saturated rings. The first kappa shape index (κ1) is 13.6. The van der Waals surface area contributed by atoms with Crippen LogP contribution < -0.4 is 5.32 Å². The molecule has 1 amide bonds. The van der Waals surface area contributed by atoms with Gasteiger partial charge in [0.1, 0.15) is 5.82 Å². The van der Waals surface area contributed by atoms with E-state index in [1.165, 1.54) is 18.2 Å². The first-order chi connectivity index (χ1) is 9.08. The fourth-order valence-corrected chi connectivity index (χ4v) is 1.88. The molecule has 4 heteroatoms. The topological polar surface area (TPSA) is 29.1 Å². The Bertz CT molecular complexity index is 586. The van der Waals surface area contributed by atoms with Crippen LogP contribution in [0.1, 0.15) is 18.4 Å². The van der Waals surface area contributed by atoms with Crippen molar-refractivity contribution in [1.82, 2.24) is 0 Å². The van der Waals surface area contributed by atoms with Gasteiger partial charge in [0.15, 0.2) is 0 Å². The van der Waals surface area contributed by atoms with E-state index in [9.17, 15) is 9.18 Å². The highest BCUT2D eigenvalue weighted by molar-refractivity contribution is 6.30. The molecule has 0 bridgehead atoms. The fraction of sp³-hybridized carbons (Fsp3) is 0.133. The average Bonchev–Trinajstić information content (AvgIpc) is 2.42. The highest BCUT2D eigenvalue weighted by Crippen LogP contribution is 2.21. The minimum Gasteiger partial charge on any atom is -0.323 e. The van der Waals surface area contributed by atoms with E-state index in [1.807, 2.05) is 30.3 Å². The summed E-state index contributed by atoms with van der Waals surface area (Å²) < 4.78 is 13.6. The van der Waals surface area contributed by atoms with Crippen LogP contribution in [0.5, 0.6) is 0 Å². The molecule has 98 valence electrons. The number of carbonyl (C=O) groups is 1. The van der Waals surface area contributed by atoms with Gasteiger partial charge in [-0.1, -0.05) is 41.9 Å². The monoisotopic (exact) mass is 277 g/mol. The zero-order chi connectivity index (χ0) is 13.8. The van der Waals surface area contributed by atoms with Gasteiger partial charge in [0.2, 0.25) is 5.91 Å².